The Morgan fingerprint density at radius 1 is 1.08 bits per heavy atom. The fourth-order valence-corrected chi connectivity index (χ4v) is 3.39. The predicted octanol–water partition coefficient (Wildman–Crippen LogP) is 3.00. The molecule has 0 atom stereocenters. The Hall–Kier alpha value is -2.18. The highest BCUT2D eigenvalue weighted by atomic mass is 32.2. The molecule has 6 heteroatoms. The van der Waals surface area contributed by atoms with Crippen LogP contribution in [0.15, 0.2) is 53.4 Å². The monoisotopic (exact) mass is 360 g/mol. The minimum absolute atomic E-state index is 0.0923. The standard InChI is InChI=1S/C19H24N2O3S/c1-3-4-12-20-19(22)18-13-17(11-10-15(18)2)25(23,24)21-14-16-8-6-5-7-9-16/h5-11,13,21H,3-4,12,14H2,1-2H3,(H,20,22). The van der Waals surface area contributed by atoms with Crippen molar-refractivity contribution in [2.45, 2.75) is 38.1 Å². The van der Waals surface area contributed by atoms with Crippen LogP contribution in [0.4, 0.5) is 0 Å². The maximum atomic E-state index is 12.5. The van der Waals surface area contributed by atoms with Gasteiger partial charge in [0.1, 0.15) is 0 Å². The zero-order valence-corrected chi connectivity index (χ0v) is 15.4. The van der Waals surface area contributed by atoms with Crippen molar-refractivity contribution in [3.05, 3.63) is 65.2 Å². The first kappa shape index (κ1) is 19.1. The molecule has 25 heavy (non-hydrogen) atoms. The van der Waals surface area contributed by atoms with Crippen molar-refractivity contribution in [3.8, 4) is 0 Å². The van der Waals surface area contributed by atoms with Crippen molar-refractivity contribution < 1.29 is 13.2 Å². The van der Waals surface area contributed by atoms with Gasteiger partial charge in [-0.1, -0.05) is 49.7 Å². The number of unbranched alkanes of at least 4 members (excludes halogenated alkanes) is 1. The van der Waals surface area contributed by atoms with Crippen LogP contribution in [-0.2, 0) is 16.6 Å². The van der Waals surface area contributed by atoms with Gasteiger partial charge in [-0.05, 0) is 36.6 Å². The summed E-state index contributed by atoms with van der Waals surface area (Å²) in [7, 11) is -3.69. The number of hydrogen-bond donors (Lipinski definition) is 2. The second-order valence-corrected chi connectivity index (χ2v) is 7.66. The van der Waals surface area contributed by atoms with Crippen molar-refractivity contribution in [1.29, 1.82) is 0 Å². The summed E-state index contributed by atoms with van der Waals surface area (Å²) in [6.45, 7) is 4.62. The molecule has 0 spiro atoms. The number of rotatable bonds is 8. The van der Waals surface area contributed by atoms with E-state index in [-0.39, 0.29) is 17.3 Å². The van der Waals surface area contributed by atoms with E-state index in [1.807, 2.05) is 37.3 Å². The predicted molar refractivity (Wildman–Crippen MR) is 98.9 cm³/mol. The van der Waals surface area contributed by atoms with Crippen molar-refractivity contribution in [3.63, 3.8) is 0 Å². The fraction of sp³-hybridized carbons (Fsp3) is 0.316. The maximum absolute atomic E-state index is 12.5. The third kappa shape index (κ3) is 5.41. The summed E-state index contributed by atoms with van der Waals surface area (Å²) in [5.74, 6) is -0.244. The molecule has 0 bridgehead atoms. The number of hydrogen-bond acceptors (Lipinski definition) is 3. The van der Waals surface area contributed by atoms with Crippen LogP contribution in [0, 0.1) is 6.92 Å². The maximum Gasteiger partial charge on any atom is 0.251 e. The molecule has 2 N–H and O–H groups in total. The summed E-state index contributed by atoms with van der Waals surface area (Å²) < 4.78 is 27.6. The number of amides is 1. The summed E-state index contributed by atoms with van der Waals surface area (Å²) in [5, 5.41) is 2.82. The lowest BCUT2D eigenvalue weighted by atomic mass is 10.1. The van der Waals surface area contributed by atoms with Gasteiger partial charge in [0, 0.05) is 18.7 Å². The van der Waals surface area contributed by atoms with E-state index in [0.717, 1.165) is 24.0 Å². The van der Waals surface area contributed by atoms with Crippen LogP contribution >= 0.6 is 0 Å². The quantitative estimate of drug-likeness (QED) is 0.711. The zero-order valence-electron chi connectivity index (χ0n) is 14.6. The molecule has 0 aromatic heterocycles. The Bertz CT molecular complexity index is 818. The molecule has 134 valence electrons. The molecular weight excluding hydrogens is 336 g/mol. The van der Waals surface area contributed by atoms with E-state index in [1.54, 1.807) is 13.0 Å². The number of nitrogens with one attached hydrogen (secondary N) is 2. The molecule has 0 fully saturated rings. The van der Waals surface area contributed by atoms with Crippen LogP contribution in [0.1, 0.15) is 41.3 Å². The Kier molecular flexibility index (Phi) is 6.73. The van der Waals surface area contributed by atoms with E-state index in [0.29, 0.717) is 12.1 Å². The minimum atomic E-state index is -3.69. The molecule has 0 aliphatic rings. The topological polar surface area (TPSA) is 75.3 Å². The molecule has 2 rings (SSSR count). The Balaban J connectivity index is 2.15. The second-order valence-electron chi connectivity index (χ2n) is 5.90. The van der Waals surface area contributed by atoms with Gasteiger partial charge >= 0.3 is 0 Å². The highest BCUT2D eigenvalue weighted by Crippen LogP contribution is 2.16. The molecule has 1 amide bonds. The van der Waals surface area contributed by atoms with Gasteiger partial charge in [0.15, 0.2) is 0 Å². The van der Waals surface area contributed by atoms with Crippen molar-refractivity contribution in [1.82, 2.24) is 10.0 Å². The molecule has 0 saturated carbocycles. The molecule has 5 nitrogen and oxygen atoms in total. The van der Waals surface area contributed by atoms with E-state index in [4.69, 9.17) is 0 Å². The average Bonchev–Trinajstić information content (AvgIpc) is 2.61. The molecule has 0 saturated heterocycles. The van der Waals surface area contributed by atoms with Gasteiger partial charge in [0.25, 0.3) is 5.91 Å². The number of carbonyl (C=O) groups is 1. The highest BCUT2D eigenvalue weighted by Gasteiger charge is 2.17. The molecule has 0 aliphatic carbocycles. The van der Waals surface area contributed by atoms with Crippen LogP contribution < -0.4 is 10.0 Å². The van der Waals surface area contributed by atoms with Crippen LogP contribution in [-0.4, -0.2) is 20.9 Å². The fourth-order valence-electron chi connectivity index (χ4n) is 2.34. The lowest BCUT2D eigenvalue weighted by Crippen LogP contribution is -2.27. The average molecular weight is 360 g/mol. The van der Waals surface area contributed by atoms with Crippen molar-refractivity contribution >= 4 is 15.9 Å². The van der Waals surface area contributed by atoms with E-state index in [2.05, 4.69) is 10.0 Å². The van der Waals surface area contributed by atoms with Crippen LogP contribution in [0.5, 0.6) is 0 Å². The molecule has 0 radical (unpaired) electrons. The Morgan fingerprint density at radius 2 is 1.80 bits per heavy atom. The van der Waals surface area contributed by atoms with Gasteiger partial charge in [-0.15, -0.1) is 0 Å². The van der Waals surface area contributed by atoms with Crippen molar-refractivity contribution in [2.75, 3.05) is 6.54 Å². The van der Waals surface area contributed by atoms with Crippen molar-refractivity contribution in [2.24, 2.45) is 0 Å². The molecule has 2 aromatic carbocycles. The normalized spacial score (nSPS) is 11.3. The minimum Gasteiger partial charge on any atom is -0.352 e. The Labute approximate surface area is 149 Å². The number of aryl methyl sites for hydroxylation is 1. The van der Waals surface area contributed by atoms with E-state index < -0.39 is 10.0 Å². The number of carbonyl (C=O) groups excluding carboxylic acids is 1. The zero-order chi connectivity index (χ0) is 18.3. The largest absolute Gasteiger partial charge is 0.352 e. The third-order valence-corrected chi connectivity index (χ3v) is 5.29. The lowest BCUT2D eigenvalue weighted by Gasteiger charge is -2.11. The molecule has 2 aromatic rings. The highest BCUT2D eigenvalue weighted by molar-refractivity contribution is 7.89. The molecule has 0 aliphatic heterocycles. The number of sulfonamides is 1. The van der Waals surface area contributed by atoms with E-state index >= 15 is 0 Å². The van der Waals surface area contributed by atoms with Gasteiger partial charge in [0.05, 0.1) is 4.90 Å². The van der Waals surface area contributed by atoms with Gasteiger partial charge in [-0.25, -0.2) is 13.1 Å². The summed E-state index contributed by atoms with van der Waals surface area (Å²) in [5.41, 5.74) is 2.01. The van der Waals surface area contributed by atoms with Gasteiger partial charge in [0.2, 0.25) is 10.0 Å². The number of benzene rings is 2. The summed E-state index contributed by atoms with van der Waals surface area (Å²) >= 11 is 0. The summed E-state index contributed by atoms with van der Waals surface area (Å²) in [4.78, 5) is 12.4. The van der Waals surface area contributed by atoms with Gasteiger partial charge < -0.3 is 5.32 Å². The molecular formula is C19H24N2O3S. The first-order valence-corrected chi connectivity index (χ1v) is 9.85. The van der Waals surface area contributed by atoms with Crippen LogP contribution in [0.3, 0.4) is 0 Å². The van der Waals surface area contributed by atoms with Gasteiger partial charge in [-0.2, -0.15) is 0 Å². The van der Waals surface area contributed by atoms with Gasteiger partial charge in [-0.3, -0.25) is 4.79 Å². The van der Waals surface area contributed by atoms with Crippen LogP contribution in [0.2, 0.25) is 0 Å². The molecule has 0 unspecified atom stereocenters. The SMILES string of the molecule is CCCCNC(=O)c1cc(S(=O)(=O)NCc2ccccc2)ccc1C. The lowest BCUT2D eigenvalue weighted by molar-refractivity contribution is 0.0952. The Morgan fingerprint density at radius 3 is 2.48 bits per heavy atom. The van der Waals surface area contributed by atoms with E-state index in [1.165, 1.54) is 12.1 Å². The third-order valence-electron chi connectivity index (χ3n) is 3.89. The van der Waals surface area contributed by atoms with Crippen LogP contribution in [0.25, 0.3) is 0 Å². The second kappa shape index (κ2) is 8.78. The van der Waals surface area contributed by atoms with E-state index in [9.17, 15) is 13.2 Å². The summed E-state index contributed by atoms with van der Waals surface area (Å²) in [6.07, 6.45) is 1.87. The first-order valence-electron chi connectivity index (χ1n) is 8.36. The molecule has 0 heterocycles. The smallest absolute Gasteiger partial charge is 0.251 e. The summed E-state index contributed by atoms with van der Waals surface area (Å²) in [6, 6.07) is 13.9. The first-order chi connectivity index (χ1) is 11.9.